The Hall–Kier alpha value is -2.75. The molecule has 1 aromatic heterocycles. The summed E-state index contributed by atoms with van der Waals surface area (Å²) in [5.74, 6) is 0.504. The number of fused-ring (bicyclic) bond motifs is 3. The number of hydrogen-bond acceptors (Lipinski definition) is 3. The lowest BCUT2D eigenvalue weighted by Crippen LogP contribution is -2.21. The smallest absolute Gasteiger partial charge is 0.223 e. The number of rotatable bonds is 6. The Morgan fingerprint density at radius 2 is 1.82 bits per heavy atom. The zero-order valence-electron chi connectivity index (χ0n) is 16.5. The molecule has 1 aliphatic rings. The predicted molar refractivity (Wildman–Crippen MR) is 112 cm³/mol. The molecule has 4 rings (SSSR count). The summed E-state index contributed by atoms with van der Waals surface area (Å²) in [4.78, 5) is 9.43. The molecular formula is C24H26FN3. The summed E-state index contributed by atoms with van der Waals surface area (Å²) in [6.07, 6.45) is 5.89. The number of hydrogen-bond donors (Lipinski definition) is 1. The van der Waals surface area contributed by atoms with Crippen LogP contribution in [0.3, 0.4) is 0 Å². The third kappa shape index (κ3) is 3.51. The summed E-state index contributed by atoms with van der Waals surface area (Å²) < 4.78 is 14.5. The molecule has 3 aromatic rings. The van der Waals surface area contributed by atoms with Crippen molar-refractivity contribution in [1.29, 1.82) is 0 Å². The average molecular weight is 375 g/mol. The number of nitrogens with zero attached hydrogens (tertiary/aromatic N) is 2. The molecular weight excluding hydrogens is 349 g/mol. The molecule has 1 heterocycles. The number of halogens is 1. The van der Waals surface area contributed by atoms with Gasteiger partial charge in [-0.05, 0) is 42.0 Å². The highest BCUT2D eigenvalue weighted by atomic mass is 19.1. The van der Waals surface area contributed by atoms with E-state index in [4.69, 9.17) is 4.98 Å². The molecule has 2 aromatic carbocycles. The minimum Gasteiger partial charge on any atom is -0.351 e. The van der Waals surface area contributed by atoms with Gasteiger partial charge in [0.15, 0.2) is 0 Å². The third-order valence-corrected chi connectivity index (χ3v) is 5.62. The fourth-order valence-corrected chi connectivity index (χ4v) is 4.15. The van der Waals surface area contributed by atoms with Gasteiger partial charge in [-0.3, -0.25) is 0 Å². The molecule has 0 radical (unpaired) electrons. The van der Waals surface area contributed by atoms with Crippen LogP contribution >= 0.6 is 0 Å². The highest BCUT2D eigenvalue weighted by molar-refractivity contribution is 5.72. The fraction of sp³-hybridized carbons (Fsp3) is 0.333. The second kappa shape index (κ2) is 8.09. The minimum atomic E-state index is -0.157. The zero-order chi connectivity index (χ0) is 19.5. The van der Waals surface area contributed by atoms with E-state index in [1.165, 1.54) is 6.07 Å². The maximum absolute atomic E-state index is 14.5. The van der Waals surface area contributed by atoms with Crippen LogP contribution in [-0.4, -0.2) is 16.0 Å². The molecule has 28 heavy (non-hydrogen) atoms. The maximum atomic E-state index is 14.5. The van der Waals surface area contributed by atoms with Gasteiger partial charge in [0.25, 0.3) is 0 Å². The van der Waals surface area contributed by atoms with Crippen molar-refractivity contribution in [2.24, 2.45) is 0 Å². The molecule has 0 saturated heterocycles. The quantitative estimate of drug-likeness (QED) is 0.577. The largest absolute Gasteiger partial charge is 0.351 e. The molecule has 0 amide bonds. The number of anilines is 1. The van der Waals surface area contributed by atoms with Crippen LogP contribution in [0.25, 0.3) is 11.3 Å². The first-order chi connectivity index (χ1) is 13.7. The van der Waals surface area contributed by atoms with Crippen LogP contribution in [0.2, 0.25) is 0 Å². The Bertz CT molecular complexity index is 970. The number of aromatic nitrogens is 2. The molecule has 2 unspecified atom stereocenters. The van der Waals surface area contributed by atoms with E-state index in [0.29, 0.717) is 18.4 Å². The molecule has 144 valence electrons. The van der Waals surface area contributed by atoms with Crippen LogP contribution in [-0.2, 0) is 6.42 Å². The summed E-state index contributed by atoms with van der Waals surface area (Å²) in [7, 11) is 0. The van der Waals surface area contributed by atoms with Gasteiger partial charge in [-0.25, -0.2) is 14.4 Å². The van der Waals surface area contributed by atoms with Crippen molar-refractivity contribution >= 4 is 5.95 Å². The van der Waals surface area contributed by atoms with Crippen LogP contribution < -0.4 is 5.32 Å². The van der Waals surface area contributed by atoms with E-state index in [0.717, 1.165) is 47.2 Å². The molecule has 1 N–H and O–H groups in total. The van der Waals surface area contributed by atoms with Crippen molar-refractivity contribution in [3.8, 4) is 11.3 Å². The van der Waals surface area contributed by atoms with Crippen LogP contribution in [0.15, 0.2) is 54.7 Å². The second-order valence-corrected chi connectivity index (χ2v) is 7.47. The molecule has 2 atom stereocenters. The van der Waals surface area contributed by atoms with Crippen LogP contribution in [0, 0.1) is 5.82 Å². The van der Waals surface area contributed by atoms with E-state index >= 15 is 0 Å². The van der Waals surface area contributed by atoms with Gasteiger partial charge in [-0.2, -0.15) is 0 Å². The third-order valence-electron chi connectivity index (χ3n) is 5.62. The van der Waals surface area contributed by atoms with Crippen LogP contribution in [0.1, 0.15) is 55.7 Å². The topological polar surface area (TPSA) is 37.8 Å². The van der Waals surface area contributed by atoms with Gasteiger partial charge in [0.05, 0.1) is 5.69 Å². The van der Waals surface area contributed by atoms with E-state index in [1.54, 1.807) is 6.07 Å². The first-order valence-electron chi connectivity index (χ1n) is 10.2. The van der Waals surface area contributed by atoms with Crippen molar-refractivity contribution in [2.45, 2.75) is 51.5 Å². The Labute approximate surface area is 166 Å². The van der Waals surface area contributed by atoms with Crippen LogP contribution in [0.5, 0.6) is 0 Å². The Morgan fingerprint density at radius 1 is 1.07 bits per heavy atom. The molecule has 1 aliphatic carbocycles. The standard InChI is InChI=1S/C24H26FN3/c1-3-9-17(4-2)27-24-26-15-16-14-21(19-11-7-8-13-22(19)25)18-10-5-6-12-20(18)23(16)28-24/h5-8,10-13,15,17,21H,3-4,9,14H2,1-2H3,(H,26,27,28). The Balaban J connectivity index is 1.74. The average Bonchev–Trinajstić information content (AvgIpc) is 2.73. The lowest BCUT2D eigenvalue weighted by atomic mass is 9.78. The highest BCUT2D eigenvalue weighted by Gasteiger charge is 2.29. The Kier molecular flexibility index (Phi) is 5.38. The van der Waals surface area contributed by atoms with Crippen molar-refractivity contribution in [2.75, 3.05) is 5.32 Å². The second-order valence-electron chi connectivity index (χ2n) is 7.47. The molecule has 0 fully saturated rings. The summed E-state index contributed by atoms with van der Waals surface area (Å²) in [5.41, 5.74) is 4.97. The number of nitrogens with one attached hydrogen (secondary N) is 1. The Morgan fingerprint density at radius 3 is 2.57 bits per heavy atom. The molecule has 0 saturated carbocycles. The normalized spacial score (nSPS) is 16.2. The molecule has 4 heteroatoms. The summed E-state index contributed by atoms with van der Waals surface area (Å²) >= 11 is 0. The van der Waals surface area contributed by atoms with Gasteiger partial charge < -0.3 is 5.32 Å². The van der Waals surface area contributed by atoms with E-state index in [-0.39, 0.29) is 11.7 Å². The van der Waals surface area contributed by atoms with Crippen molar-refractivity contribution in [1.82, 2.24) is 9.97 Å². The van der Waals surface area contributed by atoms with Crippen molar-refractivity contribution in [3.63, 3.8) is 0 Å². The monoisotopic (exact) mass is 375 g/mol. The molecule has 0 bridgehead atoms. The maximum Gasteiger partial charge on any atom is 0.223 e. The molecule has 0 aliphatic heterocycles. The molecule has 0 spiro atoms. The van der Waals surface area contributed by atoms with Gasteiger partial charge in [0.2, 0.25) is 5.95 Å². The van der Waals surface area contributed by atoms with Gasteiger partial charge in [0.1, 0.15) is 5.82 Å². The van der Waals surface area contributed by atoms with E-state index in [1.807, 2.05) is 30.5 Å². The summed E-state index contributed by atoms with van der Waals surface area (Å²) in [5, 5.41) is 3.48. The lowest BCUT2D eigenvalue weighted by Gasteiger charge is -2.28. The summed E-state index contributed by atoms with van der Waals surface area (Å²) in [6, 6.07) is 15.7. The fourth-order valence-electron chi connectivity index (χ4n) is 4.15. The van der Waals surface area contributed by atoms with Gasteiger partial charge in [-0.1, -0.05) is 62.7 Å². The predicted octanol–water partition coefficient (Wildman–Crippen LogP) is 5.96. The highest BCUT2D eigenvalue weighted by Crippen LogP contribution is 2.42. The minimum absolute atomic E-state index is 0.0178. The number of benzene rings is 2. The lowest BCUT2D eigenvalue weighted by molar-refractivity contribution is 0.593. The zero-order valence-corrected chi connectivity index (χ0v) is 16.5. The molecule has 3 nitrogen and oxygen atoms in total. The van der Waals surface area contributed by atoms with Gasteiger partial charge >= 0.3 is 0 Å². The van der Waals surface area contributed by atoms with Gasteiger partial charge in [0, 0.05) is 23.7 Å². The van der Waals surface area contributed by atoms with E-state index < -0.39 is 0 Å². The first kappa shape index (κ1) is 18.6. The van der Waals surface area contributed by atoms with E-state index in [9.17, 15) is 4.39 Å². The van der Waals surface area contributed by atoms with Crippen LogP contribution in [0.4, 0.5) is 10.3 Å². The first-order valence-corrected chi connectivity index (χ1v) is 10.2. The SMILES string of the molecule is CCCC(CC)Nc1ncc2c(n1)-c1ccccc1C(c1ccccc1F)C2. The van der Waals surface area contributed by atoms with Gasteiger partial charge in [-0.15, -0.1) is 0 Å². The summed E-state index contributed by atoms with van der Waals surface area (Å²) in [6.45, 7) is 4.37. The van der Waals surface area contributed by atoms with Crippen molar-refractivity contribution < 1.29 is 4.39 Å². The van der Waals surface area contributed by atoms with E-state index in [2.05, 4.69) is 36.3 Å². The van der Waals surface area contributed by atoms with Crippen molar-refractivity contribution in [3.05, 3.63) is 77.2 Å².